The Kier molecular flexibility index (Phi) is 4.34. The van der Waals surface area contributed by atoms with Crippen LogP contribution in [0, 0.1) is 6.92 Å². The molecule has 1 aromatic carbocycles. The lowest BCUT2D eigenvalue weighted by Crippen LogP contribution is -2.45. The Hall–Kier alpha value is -2.34. The first kappa shape index (κ1) is 15.6. The smallest absolute Gasteiger partial charge is 0.243 e. The number of nitrogens with two attached hydrogens (primary N) is 1. The molecule has 3 rings (SSSR count). The summed E-state index contributed by atoms with van der Waals surface area (Å²) in [6.45, 7) is 2.50. The maximum atomic E-state index is 12.2. The largest absolute Gasteiger partial charge is 0.461 e. The van der Waals surface area contributed by atoms with Crippen LogP contribution in [-0.4, -0.2) is 35.8 Å². The van der Waals surface area contributed by atoms with E-state index in [9.17, 15) is 9.59 Å². The number of carbonyl (C=O) groups excluding carboxylic acids is 2. The van der Waals surface area contributed by atoms with Crippen molar-refractivity contribution in [2.75, 3.05) is 18.4 Å². The summed E-state index contributed by atoms with van der Waals surface area (Å²) in [5.41, 5.74) is 7.30. The van der Waals surface area contributed by atoms with Crippen LogP contribution in [0.4, 0.5) is 5.69 Å². The lowest BCUT2D eigenvalue weighted by molar-refractivity contribution is -0.135. The quantitative estimate of drug-likeness (QED) is 0.907. The highest BCUT2D eigenvalue weighted by molar-refractivity contribution is 5.97. The topological polar surface area (TPSA) is 88.6 Å². The third kappa shape index (κ3) is 3.53. The van der Waals surface area contributed by atoms with Gasteiger partial charge in [0.05, 0.1) is 12.6 Å². The molecule has 0 bridgehead atoms. The molecule has 2 amide bonds. The molecule has 0 saturated carbocycles. The lowest BCUT2D eigenvalue weighted by Gasteiger charge is -2.22. The van der Waals surface area contributed by atoms with Gasteiger partial charge in [0.15, 0.2) is 0 Å². The van der Waals surface area contributed by atoms with E-state index in [2.05, 4.69) is 5.32 Å². The number of anilines is 1. The number of rotatable bonds is 3. The number of nitrogens with one attached hydrogen (secondary N) is 1. The highest BCUT2D eigenvalue weighted by Crippen LogP contribution is 2.22. The van der Waals surface area contributed by atoms with Crippen LogP contribution in [0.15, 0.2) is 28.7 Å². The van der Waals surface area contributed by atoms with Gasteiger partial charge >= 0.3 is 0 Å². The van der Waals surface area contributed by atoms with Crippen LogP contribution in [0.3, 0.4) is 0 Å². The average molecular weight is 315 g/mol. The molecule has 1 saturated heterocycles. The Balaban J connectivity index is 1.66. The number of fused-ring (bicyclic) bond motifs is 1. The third-order valence-corrected chi connectivity index (χ3v) is 4.08. The van der Waals surface area contributed by atoms with Crippen LogP contribution >= 0.6 is 0 Å². The molecule has 6 heteroatoms. The lowest BCUT2D eigenvalue weighted by atomic mass is 10.1. The van der Waals surface area contributed by atoms with Crippen molar-refractivity contribution in [2.24, 2.45) is 5.73 Å². The molecule has 6 nitrogen and oxygen atoms in total. The molecule has 0 spiro atoms. The van der Waals surface area contributed by atoms with Crippen molar-refractivity contribution in [2.45, 2.75) is 32.2 Å². The van der Waals surface area contributed by atoms with Gasteiger partial charge in [0, 0.05) is 17.6 Å². The maximum Gasteiger partial charge on any atom is 0.243 e. The summed E-state index contributed by atoms with van der Waals surface area (Å²) in [5.74, 6) is 0.471. The number of furan rings is 1. The fourth-order valence-corrected chi connectivity index (χ4v) is 2.92. The second kappa shape index (κ2) is 6.42. The van der Waals surface area contributed by atoms with E-state index in [1.165, 1.54) is 0 Å². The fraction of sp³-hybridized carbons (Fsp3) is 0.412. The van der Waals surface area contributed by atoms with Crippen molar-refractivity contribution in [3.05, 3.63) is 30.0 Å². The van der Waals surface area contributed by atoms with E-state index in [0.29, 0.717) is 18.7 Å². The summed E-state index contributed by atoms with van der Waals surface area (Å²) in [6.07, 6.45) is 2.49. The van der Waals surface area contributed by atoms with E-state index < -0.39 is 6.04 Å². The Morgan fingerprint density at radius 2 is 2.22 bits per heavy atom. The normalized spacial score (nSPS) is 19.0. The van der Waals surface area contributed by atoms with Gasteiger partial charge in [0.2, 0.25) is 11.8 Å². The first-order valence-corrected chi connectivity index (χ1v) is 7.87. The minimum Gasteiger partial charge on any atom is -0.461 e. The predicted molar refractivity (Wildman–Crippen MR) is 88.0 cm³/mol. The second-order valence-corrected chi connectivity index (χ2v) is 6.02. The Morgan fingerprint density at radius 1 is 1.39 bits per heavy atom. The van der Waals surface area contributed by atoms with Crippen molar-refractivity contribution >= 4 is 28.5 Å². The molecule has 1 fully saturated rings. The first-order chi connectivity index (χ1) is 11.0. The second-order valence-electron chi connectivity index (χ2n) is 6.02. The van der Waals surface area contributed by atoms with Gasteiger partial charge in [-0.3, -0.25) is 9.59 Å². The van der Waals surface area contributed by atoms with Gasteiger partial charge in [-0.05, 0) is 50.5 Å². The minimum atomic E-state index is -0.490. The van der Waals surface area contributed by atoms with Gasteiger partial charge in [-0.1, -0.05) is 0 Å². The van der Waals surface area contributed by atoms with Gasteiger partial charge in [0.25, 0.3) is 0 Å². The van der Waals surface area contributed by atoms with Crippen LogP contribution < -0.4 is 11.1 Å². The van der Waals surface area contributed by atoms with Crippen molar-refractivity contribution in [1.82, 2.24) is 4.90 Å². The number of hydrogen-bond acceptors (Lipinski definition) is 4. The average Bonchev–Trinajstić information content (AvgIpc) is 2.80. The van der Waals surface area contributed by atoms with Crippen LogP contribution in [0.2, 0.25) is 0 Å². The van der Waals surface area contributed by atoms with E-state index in [4.69, 9.17) is 10.2 Å². The number of amides is 2. The van der Waals surface area contributed by atoms with Crippen LogP contribution in [0.1, 0.15) is 25.0 Å². The van der Waals surface area contributed by atoms with Gasteiger partial charge in [-0.25, -0.2) is 0 Å². The maximum absolute atomic E-state index is 12.2. The Labute approximate surface area is 134 Å². The molecular weight excluding hydrogens is 294 g/mol. The van der Waals surface area contributed by atoms with E-state index >= 15 is 0 Å². The summed E-state index contributed by atoms with van der Waals surface area (Å²) < 4.78 is 5.51. The molecule has 3 N–H and O–H groups in total. The van der Waals surface area contributed by atoms with Crippen LogP contribution in [-0.2, 0) is 9.59 Å². The molecule has 23 heavy (non-hydrogen) atoms. The van der Waals surface area contributed by atoms with Crippen LogP contribution in [0.25, 0.3) is 11.0 Å². The molecule has 1 atom stereocenters. The Morgan fingerprint density at radius 3 is 3.04 bits per heavy atom. The monoisotopic (exact) mass is 315 g/mol. The van der Waals surface area contributed by atoms with Gasteiger partial charge in [0.1, 0.15) is 11.3 Å². The minimum absolute atomic E-state index is 0.0367. The molecule has 2 aromatic rings. The number of carbonyl (C=O) groups is 2. The standard InChI is InChI=1S/C17H21N3O3/c1-11-8-12-9-13(5-6-15(12)23-11)19-16(21)10-20-7-3-2-4-14(18)17(20)22/h5-6,8-9,14H,2-4,7,10,18H2,1H3,(H,19,21). The summed E-state index contributed by atoms with van der Waals surface area (Å²) >= 11 is 0. The van der Waals surface area contributed by atoms with Crippen molar-refractivity contribution in [3.8, 4) is 0 Å². The third-order valence-electron chi connectivity index (χ3n) is 4.08. The van der Waals surface area contributed by atoms with E-state index in [1.807, 2.05) is 25.1 Å². The van der Waals surface area contributed by atoms with Gasteiger partial charge in [-0.2, -0.15) is 0 Å². The number of aryl methyl sites for hydroxylation is 1. The highest BCUT2D eigenvalue weighted by Gasteiger charge is 2.25. The molecular formula is C17H21N3O3. The number of benzene rings is 1. The van der Waals surface area contributed by atoms with E-state index in [0.717, 1.165) is 29.6 Å². The fourth-order valence-electron chi connectivity index (χ4n) is 2.92. The van der Waals surface area contributed by atoms with Gasteiger partial charge in [-0.15, -0.1) is 0 Å². The number of nitrogens with zero attached hydrogens (tertiary/aromatic N) is 1. The SMILES string of the molecule is Cc1cc2cc(NC(=O)CN3CCCCC(N)C3=O)ccc2o1. The zero-order chi connectivity index (χ0) is 16.4. The highest BCUT2D eigenvalue weighted by atomic mass is 16.3. The zero-order valence-electron chi connectivity index (χ0n) is 13.2. The zero-order valence-corrected chi connectivity index (χ0v) is 13.2. The number of likely N-dealkylation sites (tertiary alicyclic amines) is 1. The molecule has 0 aliphatic carbocycles. The van der Waals surface area contributed by atoms with E-state index in [1.54, 1.807) is 11.0 Å². The molecule has 1 aliphatic heterocycles. The number of hydrogen-bond donors (Lipinski definition) is 2. The molecule has 1 unspecified atom stereocenters. The molecule has 122 valence electrons. The van der Waals surface area contributed by atoms with Crippen molar-refractivity contribution in [1.29, 1.82) is 0 Å². The molecule has 1 aromatic heterocycles. The van der Waals surface area contributed by atoms with Crippen molar-refractivity contribution in [3.63, 3.8) is 0 Å². The molecule has 0 radical (unpaired) electrons. The summed E-state index contributed by atoms with van der Waals surface area (Å²) in [4.78, 5) is 25.9. The first-order valence-electron chi connectivity index (χ1n) is 7.87. The predicted octanol–water partition coefficient (Wildman–Crippen LogP) is 2.02. The van der Waals surface area contributed by atoms with Gasteiger partial charge < -0.3 is 20.4 Å². The van der Waals surface area contributed by atoms with E-state index in [-0.39, 0.29) is 18.4 Å². The molecule has 1 aliphatic rings. The van der Waals surface area contributed by atoms with Crippen molar-refractivity contribution < 1.29 is 14.0 Å². The summed E-state index contributed by atoms with van der Waals surface area (Å²) in [5, 5.41) is 3.77. The molecule has 2 heterocycles. The Bertz CT molecular complexity index is 738. The summed E-state index contributed by atoms with van der Waals surface area (Å²) in [7, 11) is 0. The summed E-state index contributed by atoms with van der Waals surface area (Å²) in [6, 6.07) is 6.90. The van der Waals surface area contributed by atoms with Crippen LogP contribution in [0.5, 0.6) is 0 Å².